The van der Waals surface area contributed by atoms with Crippen LogP contribution in [0.3, 0.4) is 0 Å². The number of fused-ring (bicyclic) bond motifs is 1. The minimum absolute atomic E-state index is 0. The second-order valence-corrected chi connectivity index (χ2v) is 13.2. The molecule has 1 heterocycles. The monoisotopic (exact) mass is 545 g/mol. The summed E-state index contributed by atoms with van der Waals surface area (Å²) < 4.78 is 49.1. The summed E-state index contributed by atoms with van der Waals surface area (Å²) in [6, 6.07) is 11.3. The Bertz CT molecular complexity index is 1370. The standard InChI is InChI=1S/C22H27N3O5S3.ClH/c1-5-33(29,30)17-11-9-16(10-12-17)15-20(26)25(14-13-24(2)3)22-23-21-18(31-22)7-6-8-19(21)32(4,27)28;/h6-12H,5,13-15H2,1-4H3;1H. The molecule has 0 fully saturated rings. The van der Waals surface area contributed by atoms with Crippen LogP contribution in [-0.4, -0.2) is 71.8 Å². The minimum Gasteiger partial charge on any atom is -0.308 e. The molecule has 0 spiro atoms. The summed E-state index contributed by atoms with van der Waals surface area (Å²) in [5, 5.41) is 0.429. The van der Waals surface area contributed by atoms with E-state index in [1.807, 2.05) is 19.0 Å². The Morgan fingerprint density at radius 3 is 2.21 bits per heavy atom. The normalized spacial score (nSPS) is 12.0. The van der Waals surface area contributed by atoms with E-state index in [2.05, 4.69) is 4.98 Å². The molecule has 0 radical (unpaired) electrons. The molecule has 12 heteroatoms. The maximum Gasteiger partial charge on any atom is 0.233 e. The van der Waals surface area contributed by atoms with Crippen molar-refractivity contribution in [3.05, 3.63) is 48.0 Å². The average Bonchev–Trinajstić information content (AvgIpc) is 3.17. The zero-order valence-corrected chi connectivity index (χ0v) is 22.7. The van der Waals surface area contributed by atoms with Crippen molar-refractivity contribution in [2.24, 2.45) is 0 Å². The van der Waals surface area contributed by atoms with Gasteiger partial charge in [0.05, 0.1) is 26.7 Å². The Balaban J connectivity index is 0.00000408. The van der Waals surface area contributed by atoms with Gasteiger partial charge in [0, 0.05) is 19.3 Å². The predicted octanol–water partition coefficient (Wildman–Crippen LogP) is 3.05. The molecule has 0 aliphatic carbocycles. The summed E-state index contributed by atoms with van der Waals surface area (Å²) in [7, 11) is -2.98. The Morgan fingerprint density at radius 2 is 1.65 bits per heavy atom. The fourth-order valence-electron chi connectivity index (χ4n) is 3.20. The second-order valence-electron chi connectivity index (χ2n) is 7.94. The topological polar surface area (TPSA) is 105 Å². The maximum absolute atomic E-state index is 13.3. The molecule has 2 aromatic carbocycles. The first-order valence-electron chi connectivity index (χ1n) is 10.3. The number of sulfone groups is 2. The molecule has 3 aromatic rings. The van der Waals surface area contributed by atoms with Crippen LogP contribution < -0.4 is 4.90 Å². The molecule has 0 saturated heterocycles. The lowest BCUT2D eigenvalue weighted by Crippen LogP contribution is -2.37. The summed E-state index contributed by atoms with van der Waals surface area (Å²) in [5.74, 6) is -0.195. The van der Waals surface area contributed by atoms with Gasteiger partial charge in [0.15, 0.2) is 24.8 Å². The fourth-order valence-corrected chi connectivity index (χ4v) is 6.02. The molecule has 1 amide bonds. The van der Waals surface area contributed by atoms with Crippen LogP contribution in [0.2, 0.25) is 0 Å². The number of thiazole rings is 1. The Hall–Kier alpha value is -2.05. The van der Waals surface area contributed by atoms with E-state index in [0.717, 1.165) is 6.26 Å². The van der Waals surface area contributed by atoms with Crippen molar-refractivity contribution >= 4 is 64.7 Å². The highest BCUT2D eigenvalue weighted by Gasteiger charge is 2.23. The van der Waals surface area contributed by atoms with Gasteiger partial charge in [-0.15, -0.1) is 12.4 Å². The number of nitrogens with zero attached hydrogens (tertiary/aromatic N) is 3. The SMILES string of the molecule is CCS(=O)(=O)c1ccc(CC(=O)N(CCN(C)C)c2nc3c(S(C)(=O)=O)cccc3s2)cc1.Cl. The number of anilines is 1. The number of carbonyl (C=O) groups excluding carboxylic acids is 1. The van der Waals surface area contributed by atoms with E-state index in [-0.39, 0.29) is 40.3 Å². The predicted molar refractivity (Wildman–Crippen MR) is 139 cm³/mol. The number of benzene rings is 2. The van der Waals surface area contributed by atoms with Crippen LogP contribution in [-0.2, 0) is 30.9 Å². The zero-order chi connectivity index (χ0) is 24.4. The fraction of sp³-hybridized carbons (Fsp3) is 0.364. The summed E-state index contributed by atoms with van der Waals surface area (Å²) in [6.45, 7) is 2.55. The minimum atomic E-state index is -3.47. The van der Waals surface area contributed by atoms with Crippen molar-refractivity contribution in [3.8, 4) is 0 Å². The van der Waals surface area contributed by atoms with Gasteiger partial charge in [-0.1, -0.05) is 36.5 Å². The largest absolute Gasteiger partial charge is 0.308 e. The van der Waals surface area contributed by atoms with Gasteiger partial charge in [0.1, 0.15) is 5.52 Å². The highest BCUT2D eigenvalue weighted by molar-refractivity contribution is 7.91. The van der Waals surface area contributed by atoms with Crippen molar-refractivity contribution in [1.29, 1.82) is 0 Å². The summed E-state index contributed by atoms with van der Waals surface area (Å²) >= 11 is 1.27. The third-order valence-electron chi connectivity index (χ3n) is 5.09. The molecule has 0 atom stereocenters. The number of para-hydroxylation sites is 1. The van der Waals surface area contributed by atoms with E-state index in [0.29, 0.717) is 34.0 Å². The highest BCUT2D eigenvalue weighted by Crippen LogP contribution is 2.33. The van der Waals surface area contributed by atoms with Gasteiger partial charge in [0.2, 0.25) is 5.91 Å². The number of aromatic nitrogens is 1. The molecule has 0 aliphatic heterocycles. The van der Waals surface area contributed by atoms with Crippen LogP contribution in [0.5, 0.6) is 0 Å². The highest BCUT2D eigenvalue weighted by atomic mass is 35.5. The van der Waals surface area contributed by atoms with Crippen LogP contribution in [0.4, 0.5) is 5.13 Å². The second kappa shape index (κ2) is 11.1. The first-order chi connectivity index (χ1) is 15.4. The van der Waals surface area contributed by atoms with Crippen LogP contribution in [0.25, 0.3) is 10.2 Å². The van der Waals surface area contributed by atoms with Gasteiger partial charge in [-0.3, -0.25) is 9.69 Å². The number of hydrogen-bond donors (Lipinski definition) is 0. The van der Waals surface area contributed by atoms with E-state index in [9.17, 15) is 21.6 Å². The van der Waals surface area contributed by atoms with E-state index in [1.54, 1.807) is 36.1 Å². The van der Waals surface area contributed by atoms with Gasteiger partial charge in [-0.2, -0.15) is 0 Å². The molecule has 0 bridgehead atoms. The molecular weight excluding hydrogens is 518 g/mol. The van der Waals surface area contributed by atoms with Crippen LogP contribution in [0, 0.1) is 0 Å². The number of rotatable bonds is 9. The van der Waals surface area contributed by atoms with Crippen molar-refractivity contribution in [2.45, 2.75) is 23.1 Å². The van der Waals surface area contributed by atoms with Gasteiger partial charge >= 0.3 is 0 Å². The van der Waals surface area contributed by atoms with Crippen LogP contribution in [0.1, 0.15) is 12.5 Å². The number of hydrogen-bond acceptors (Lipinski definition) is 8. The van der Waals surface area contributed by atoms with Gasteiger partial charge in [0.25, 0.3) is 0 Å². The molecule has 0 aliphatic rings. The Labute approximate surface area is 210 Å². The Kier molecular flexibility index (Phi) is 9.23. The molecule has 0 unspecified atom stereocenters. The average molecular weight is 546 g/mol. The quantitative estimate of drug-likeness (QED) is 0.407. The summed E-state index contributed by atoms with van der Waals surface area (Å²) in [6.07, 6.45) is 1.20. The van der Waals surface area contributed by atoms with Crippen LogP contribution in [0.15, 0.2) is 52.3 Å². The van der Waals surface area contributed by atoms with Crippen molar-refractivity contribution < 1.29 is 21.6 Å². The molecule has 8 nitrogen and oxygen atoms in total. The molecule has 34 heavy (non-hydrogen) atoms. The molecule has 186 valence electrons. The third-order valence-corrected chi connectivity index (χ3v) is 9.01. The third kappa shape index (κ3) is 6.54. The van der Waals surface area contributed by atoms with Crippen molar-refractivity contribution in [3.63, 3.8) is 0 Å². The molecule has 0 N–H and O–H groups in total. The van der Waals surface area contributed by atoms with Crippen LogP contribution >= 0.6 is 23.7 Å². The van der Waals surface area contributed by atoms with Crippen molar-refractivity contribution in [2.75, 3.05) is 44.1 Å². The first kappa shape index (κ1) is 28.2. The van der Waals surface area contributed by atoms with E-state index < -0.39 is 19.7 Å². The van der Waals surface area contributed by atoms with E-state index >= 15 is 0 Å². The van der Waals surface area contributed by atoms with Gasteiger partial charge < -0.3 is 4.90 Å². The molecule has 3 rings (SSSR count). The molecule has 1 aromatic heterocycles. The van der Waals surface area contributed by atoms with Crippen molar-refractivity contribution in [1.82, 2.24) is 9.88 Å². The smallest absolute Gasteiger partial charge is 0.233 e. The summed E-state index contributed by atoms with van der Waals surface area (Å²) in [5.41, 5.74) is 1.04. The zero-order valence-electron chi connectivity index (χ0n) is 19.4. The lowest BCUT2D eigenvalue weighted by atomic mass is 10.1. The number of likely N-dealkylation sites (N-methyl/N-ethyl adjacent to an activating group) is 1. The number of halogens is 1. The van der Waals surface area contributed by atoms with E-state index in [1.165, 1.54) is 29.5 Å². The first-order valence-corrected chi connectivity index (χ1v) is 14.6. The lowest BCUT2D eigenvalue weighted by molar-refractivity contribution is -0.118. The van der Waals surface area contributed by atoms with E-state index in [4.69, 9.17) is 0 Å². The maximum atomic E-state index is 13.3. The van der Waals surface area contributed by atoms with Gasteiger partial charge in [-0.05, 0) is 43.9 Å². The Morgan fingerprint density at radius 1 is 1.00 bits per heavy atom. The molecular formula is C22H28ClN3O5S3. The number of amides is 1. The number of carbonyl (C=O) groups is 1. The molecule has 0 saturated carbocycles. The summed E-state index contributed by atoms with van der Waals surface area (Å²) in [4.78, 5) is 21.7. The lowest BCUT2D eigenvalue weighted by Gasteiger charge is -2.22. The van der Waals surface area contributed by atoms with Gasteiger partial charge in [-0.25, -0.2) is 21.8 Å².